The van der Waals surface area contributed by atoms with Crippen molar-refractivity contribution >= 4 is 32.7 Å². The van der Waals surface area contributed by atoms with Gasteiger partial charge in [0.05, 0.1) is 4.90 Å². The highest BCUT2D eigenvalue weighted by Gasteiger charge is 2.10. The molecule has 5 nitrogen and oxygen atoms in total. The maximum atomic E-state index is 11.4. The van der Waals surface area contributed by atoms with Crippen molar-refractivity contribution in [2.75, 3.05) is 18.6 Å². The van der Waals surface area contributed by atoms with Gasteiger partial charge in [-0.25, -0.2) is 13.1 Å². The van der Waals surface area contributed by atoms with Gasteiger partial charge < -0.3 is 5.32 Å². The zero-order valence-corrected chi connectivity index (χ0v) is 10.5. The summed E-state index contributed by atoms with van der Waals surface area (Å²) in [4.78, 5) is 11.2. The Balaban J connectivity index is 2.88. The van der Waals surface area contributed by atoms with Gasteiger partial charge in [-0.1, -0.05) is 11.8 Å². The molecule has 0 aliphatic heterocycles. The first-order chi connectivity index (χ1) is 7.49. The SMILES string of the molecule is CNS(=O)(=O)c1ccc(NC(=O)SC)cc1. The van der Waals surface area contributed by atoms with Crippen LogP contribution in [0.4, 0.5) is 10.5 Å². The molecule has 0 fully saturated rings. The topological polar surface area (TPSA) is 75.3 Å². The summed E-state index contributed by atoms with van der Waals surface area (Å²) in [7, 11) is -2.07. The molecular formula is C9H12N2O3S2. The van der Waals surface area contributed by atoms with Crippen molar-refractivity contribution < 1.29 is 13.2 Å². The van der Waals surface area contributed by atoms with Gasteiger partial charge in [-0.15, -0.1) is 0 Å². The number of sulfonamides is 1. The lowest BCUT2D eigenvalue weighted by Gasteiger charge is -2.05. The molecule has 0 saturated carbocycles. The van der Waals surface area contributed by atoms with Crippen LogP contribution in [0.1, 0.15) is 0 Å². The van der Waals surface area contributed by atoms with Crippen molar-refractivity contribution in [2.45, 2.75) is 4.90 Å². The molecule has 2 N–H and O–H groups in total. The van der Waals surface area contributed by atoms with Crippen molar-refractivity contribution in [3.63, 3.8) is 0 Å². The number of nitrogens with one attached hydrogen (secondary N) is 2. The molecule has 7 heteroatoms. The number of benzene rings is 1. The minimum Gasteiger partial charge on any atom is -0.317 e. The van der Waals surface area contributed by atoms with Gasteiger partial charge in [-0.2, -0.15) is 0 Å². The number of anilines is 1. The molecule has 88 valence electrons. The number of hydrogen-bond acceptors (Lipinski definition) is 4. The van der Waals surface area contributed by atoms with E-state index in [9.17, 15) is 13.2 Å². The van der Waals surface area contributed by atoms with Crippen molar-refractivity contribution in [1.82, 2.24) is 4.72 Å². The lowest BCUT2D eigenvalue weighted by Crippen LogP contribution is -2.18. The van der Waals surface area contributed by atoms with E-state index in [1.807, 2.05) is 0 Å². The summed E-state index contributed by atoms with van der Waals surface area (Å²) in [6.45, 7) is 0. The molecule has 1 amide bonds. The number of carbonyl (C=O) groups is 1. The summed E-state index contributed by atoms with van der Waals surface area (Å²) in [5.74, 6) is 0. The molecule has 1 rings (SSSR count). The van der Waals surface area contributed by atoms with E-state index in [-0.39, 0.29) is 10.1 Å². The molecule has 0 heterocycles. The maximum Gasteiger partial charge on any atom is 0.283 e. The lowest BCUT2D eigenvalue weighted by atomic mass is 10.3. The molecule has 1 aromatic rings. The number of hydrogen-bond donors (Lipinski definition) is 2. The van der Waals surface area contributed by atoms with E-state index in [1.165, 1.54) is 19.2 Å². The fourth-order valence-corrected chi connectivity index (χ4v) is 1.95. The van der Waals surface area contributed by atoms with Crippen molar-refractivity contribution in [3.05, 3.63) is 24.3 Å². The molecule has 0 bridgehead atoms. The standard InChI is InChI=1S/C9H12N2O3S2/c1-10-16(13,14)8-5-3-7(4-6-8)11-9(12)15-2/h3-6,10H,1-2H3,(H,11,12). The Kier molecular flexibility index (Phi) is 4.34. The van der Waals surface area contributed by atoms with Crippen LogP contribution >= 0.6 is 11.8 Å². The largest absolute Gasteiger partial charge is 0.317 e. The Hall–Kier alpha value is -1.05. The molecule has 0 aliphatic carbocycles. The van der Waals surface area contributed by atoms with Crippen LogP contribution in [0.15, 0.2) is 29.2 Å². The number of thioether (sulfide) groups is 1. The van der Waals surface area contributed by atoms with Gasteiger partial charge in [-0.3, -0.25) is 4.79 Å². The molecule has 0 aliphatic rings. The summed E-state index contributed by atoms with van der Waals surface area (Å²) < 4.78 is 25.0. The van der Waals surface area contributed by atoms with Crippen LogP contribution in [0, 0.1) is 0 Å². The summed E-state index contributed by atoms with van der Waals surface area (Å²) in [5, 5.41) is 2.41. The Labute approximate surface area is 98.7 Å². The average molecular weight is 260 g/mol. The van der Waals surface area contributed by atoms with E-state index in [0.29, 0.717) is 5.69 Å². The molecule has 16 heavy (non-hydrogen) atoms. The lowest BCUT2D eigenvalue weighted by molar-refractivity contribution is 0.270. The van der Waals surface area contributed by atoms with Gasteiger partial charge in [0.1, 0.15) is 0 Å². The fourth-order valence-electron chi connectivity index (χ4n) is 1.00. The molecule has 0 spiro atoms. The van der Waals surface area contributed by atoms with E-state index in [4.69, 9.17) is 0 Å². The van der Waals surface area contributed by atoms with Gasteiger partial charge in [0.2, 0.25) is 10.0 Å². The van der Waals surface area contributed by atoms with E-state index in [0.717, 1.165) is 11.8 Å². The van der Waals surface area contributed by atoms with Gasteiger partial charge in [-0.05, 0) is 37.6 Å². The monoisotopic (exact) mass is 260 g/mol. The highest BCUT2D eigenvalue weighted by Crippen LogP contribution is 2.14. The Bertz CT molecular complexity index is 468. The minimum atomic E-state index is -3.42. The number of carbonyl (C=O) groups excluding carboxylic acids is 1. The first-order valence-corrected chi connectivity index (χ1v) is 7.09. The van der Waals surface area contributed by atoms with E-state index in [1.54, 1.807) is 18.4 Å². The molecule has 0 radical (unpaired) electrons. The normalized spacial score (nSPS) is 11.1. The molecule has 0 unspecified atom stereocenters. The molecule has 1 aromatic carbocycles. The Morgan fingerprint density at radius 2 is 1.81 bits per heavy atom. The first-order valence-electron chi connectivity index (χ1n) is 4.38. The zero-order valence-electron chi connectivity index (χ0n) is 8.85. The quantitative estimate of drug-likeness (QED) is 0.863. The summed E-state index contributed by atoms with van der Waals surface area (Å²) in [6.07, 6.45) is 1.66. The third kappa shape index (κ3) is 3.22. The summed E-state index contributed by atoms with van der Waals surface area (Å²) >= 11 is 1.05. The van der Waals surface area contributed by atoms with Gasteiger partial charge in [0, 0.05) is 5.69 Å². The van der Waals surface area contributed by atoms with Crippen molar-refractivity contribution in [1.29, 1.82) is 0 Å². The molecule has 0 saturated heterocycles. The summed E-state index contributed by atoms with van der Waals surface area (Å²) in [5.41, 5.74) is 0.564. The Morgan fingerprint density at radius 3 is 2.25 bits per heavy atom. The number of rotatable bonds is 3. The van der Waals surface area contributed by atoms with Gasteiger partial charge in [0.25, 0.3) is 5.24 Å². The van der Waals surface area contributed by atoms with Crippen LogP contribution in [0.25, 0.3) is 0 Å². The highest BCUT2D eigenvalue weighted by molar-refractivity contribution is 8.13. The second-order valence-electron chi connectivity index (χ2n) is 2.85. The van der Waals surface area contributed by atoms with Crippen LogP contribution in [0.5, 0.6) is 0 Å². The van der Waals surface area contributed by atoms with Crippen LogP contribution in [0.3, 0.4) is 0 Å². The zero-order chi connectivity index (χ0) is 12.2. The molecular weight excluding hydrogens is 248 g/mol. The van der Waals surface area contributed by atoms with Crippen LogP contribution < -0.4 is 10.0 Å². The van der Waals surface area contributed by atoms with Crippen LogP contribution in [0.2, 0.25) is 0 Å². The Morgan fingerprint density at radius 1 is 1.25 bits per heavy atom. The van der Waals surface area contributed by atoms with E-state index < -0.39 is 10.0 Å². The summed E-state index contributed by atoms with van der Waals surface area (Å²) in [6, 6.07) is 5.94. The van der Waals surface area contributed by atoms with Gasteiger partial charge >= 0.3 is 0 Å². The fraction of sp³-hybridized carbons (Fsp3) is 0.222. The second-order valence-corrected chi connectivity index (χ2v) is 5.51. The molecule has 0 atom stereocenters. The highest BCUT2D eigenvalue weighted by atomic mass is 32.2. The minimum absolute atomic E-state index is 0.164. The van der Waals surface area contributed by atoms with E-state index in [2.05, 4.69) is 10.0 Å². The number of amides is 1. The average Bonchev–Trinajstić information content (AvgIpc) is 2.29. The van der Waals surface area contributed by atoms with E-state index >= 15 is 0 Å². The van der Waals surface area contributed by atoms with Crippen LogP contribution in [-0.4, -0.2) is 27.0 Å². The van der Waals surface area contributed by atoms with Gasteiger partial charge in [0.15, 0.2) is 0 Å². The second kappa shape index (κ2) is 5.33. The maximum absolute atomic E-state index is 11.4. The molecule has 0 aromatic heterocycles. The van der Waals surface area contributed by atoms with Crippen LogP contribution in [-0.2, 0) is 10.0 Å². The predicted octanol–water partition coefficient (Wildman–Crippen LogP) is 1.49. The predicted molar refractivity (Wildman–Crippen MR) is 65.2 cm³/mol. The smallest absolute Gasteiger partial charge is 0.283 e. The van der Waals surface area contributed by atoms with Crippen molar-refractivity contribution in [3.8, 4) is 0 Å². The third-order valence-corrected chi connectivity index (χ3v) is 3.77. The van der Waals surface area contributed by atoms with Crippen molar-refractivity contribution in [2.24, 2.45) is 0 Å². The third-order valence-electron chi connectivity index (χ3n) is 1.87. The first kappa shape index (κ1) is 13.0.